The van der Waals surface area contributed by atoms with E-state index in [0.717, 1.165) is 49.6 Å². The van der Waals surface area contributed by atoms with Crippen LogP contribution in [-0.2, 0) is 19.4 Å². The van der Waals surface area contributed by atoms with Gasteiger partial charge in [0.05, 0.1) is 12.8 Å². The Morgan fingerprint density at radius 3 is 2.81 bits per heavy atom. The quantitative estimate of drug-likeness (QED) is 0.676. The van der Waals surface area contributed by atoms with Crippen LogP contribution >= 0.6 is 12.4 Å². The maximum Gasteiger partial charge on any atom is 0.225 e. The second-order valence-corrected chi connectivity index (χ2v) is 8.69. The predicted molar refractivity (Wildman–Crippen MR) is 124 cm³/mol. The number of rotatable bonds is 6. The Balaban J connectivity index is 0.00000231. The molecule has 2 aromatic rings. The Bertz CT molecular complexity index is 961. The summed E-state index contributed by atoms with van der Waals surface area (Å²) in [6, 6.07) is 4.92. The molecule has 7 heteroatoms. The Hall–Kier alpha value is -2.31. The Kier molecular flexibility index (Phi) is 6.39. The molecule has 3 aliphatic rings. The van der Waals surface area contributed by atoms with E-state index in [1.165, 1.54) is 30.5 Å². The molecule has 2 unspecified atom stereocenters. The van der Waals surface area contributed by atoms with E-state index in [-0.39, 0.29) is 18.2 Å². The molecular formula is C24H31ClN4O2. The number of methoxy groups -OCH3 is 1. The average Bonchev–Trinajstić information content (AvgIpc) is 3.38. The van der Waals surface area contributed by atoms with Gasteiger partial charge in [0.2, 0.25) is 5.95 Å². The smallest absolute Gasteiger partial charge is 0.225 e. The van der Waals surface area contributed by atoms with Gasteiger partial charge in [-0.25, -0.2) is 9.97 Å². The van der Waals surface area contributed by atoms with Gasteiger partial charge in [0, 0.05) is 55.5 Å². The number of hydrogen-bond donors (Lipinski definition) is 1. The number of phenols is 1. The SMILES string of the molecule is C=CCc1cc(CN2C3CCC2c2cnc(N4CCCC4)nc2C3)cc(OC)c1O.Cl. The number of nitrogens with zero attached hydrogens (tertiary/aromatic N) is 4. The van der Waals surface area contributed by atoms with E-state index in [0.29, 0.717) is 24.3 Å². The van der Waals surface area contributed by atoms with Gasteiger partial charge >= 0.3 is 0 Å². The fourth-order valence-electron chi connectivity index (χ4n) is 5.38. The van der Waals surface area contributed by atoms with Crippen molar-refractivity contribution in [2.45, 2.75) is 57.2 Å². The fourth-order valence-corrected chi connectivity index (χ4v) is 5.38. The summed E-state index contributed by atoms with van der Waals surface area (Å²) in [6.45, 7) is 6.80. The molecule has 0 saturated carbocycles. The summed E-state index contributed by atoms with van der Waals surface area (Å²) in [6.07, 6.45) is 10.3. The lowest BCUT2D eigenvalue weighted by molar-refractivity contribution is 0.166. The molecule has 5 rings (SSSR count). The highest BCUT2D eigenvalue weighted by molar-refractivity contribution is 5.85. The first-order valence-corrected chi connectivity index (χ1v) is 11.0. The second kappa shape index (κ2) is 9.05. The summed E-state index contributed by atoms with van der Waals surface area (Å²) >= 11 is 0. The summed E-state index contributed by atoms with van der Waals surface area (Å²) in [5.74, 6) is 1.67. The van der Waals surface area contributed by atoms with E-state index in [2.05, 4.69) is 28.6 Å². The van der Waals surface area contributed by atoms with Gasteiger partial charge in [-0.1, -0.05) is 12.1 Å². The highest BCUT2D eigenvalue weighted by Gasteiger charge is 2.41. The first kappa shape index (κ1) is 21.9. The molecule has 0 amide bonds. The Labute approximate surface area is 190 Å². The van der Waals surface area contributed by atoms with Crippen molar-refractivity contribution in [2.24, 2.45) is 0 Å². The summed E-state index contributed by atoms with van der Waals surface area (Å²) in [5.41, 5.74) is 4.56. The molecule has 0 spiro atoms. The van der Waals surface area contributed by atoms with E-state index >= 15 is 0 Å². The van der Waals surface area contributed by atoms with Crippen LogP contribution in [0.15, 0.2) is 31.0 Å². The molecule has 0 radical (unpaired) electrons. The van der Waals surface area contributed by atoms with Crippen LogP contribution in [0.5, 0.6) is 11.5 Å². The zero-order chi connectivity index (χ0) is 20.7. The van der Waals surface area contributed by atoms with Crippen LogP contribution < -0.4 is 9.64 Å². The highest BCUT2D eigenvalue weighted by atomic mass is 35.5. The molecule has 2 bridgehead atoms. The summed E-state index contributed by atoms with van der Waals surface area (Å²) in [7, 11) is 1.60. The first-order chi connectivity index (χ1) is 14.7. The standard InChI is InChI=1S/C24H30N4O2.ClH/c1-3-6-17-11-16(12-22(30-2)23(17)29)15-28-18-7-8-21(28)19-14-25-24(26-20(19)13-18)27-9-4-5-10-27;/h3,11-12,14,18,21,29H,1,4-10,13,15H2,2H3;1H. The van der Waals surface area contributed by atoms with Crippen LogP contribution in [0.2, 0.25) is 0 Å². The summed E-state index contributed by atoms with van der Waals surface area (Å²) < 4.78 is 5.42. The molecular weight excluding hydrogens is 412 g/mol. The van der Waals surface area contributed by atoms with Gasteiger partial charge in [0.1, 0.15) is 0 Å². The van der Waals surface area contributed by atoms with Crippen molar-refractivity contribution in [3.63, 3.8) is 0 Å². The molecule has 3 aliphatic heterocycles. The number of allylic oxidation sites excluding steroid dienone is 1. The van der Waals surface area contributed by atoms with Crippen LogP contribution in [0.1, 0.15) is 54.1 Å². The van der Waals surface area contributed by atoms with Crippen molar-refractivity contribution in [3.8, 4) is 11.5 Å². The third kappa shape index (κ3) is 3.99. The van der Waals surface area contributed by atoms with Crippen molar-refractivity contribution in [3.05, 3.63) is 53.4 Å². The monoisotopic (exact) mass is 442 g/mol. The molecule has 0 aliphatic carbocycles. The van der Waals surface area contributed by atoms with E-state index in [1.54, 1.807) is 7.11 Å². The number of benzene rings is 1. The van der Waals surface area contributed by atoms with E-state index in [4.69, 9.17) is 14.7 Å². The van der Waals surface area contributed by atoms with Crippen LogP contribution in [-0.4, -0.2) is 46.2 Å². The number of aromatic nitrogens is 2. The largest absolute Gasteiger partial charge is 0.504 e. The number of hydrogen-bond acceptors (Lipinski definition) is 6. The fraction of sp³-hybridized carbons (Fsp3) is 0.500. The Morgan fingerprint density at radius 2 is 2.06 bits per heavy atom. The zero-order valence-electron chi connectivity index (χ0n) is 18.1. The number of aromatic hydroxyl groups is 1. The van der Waals surface area contributed by atoms with Gasteiger partial charge in [0.25, 0.3) is 0 Å². The molecule has 1 aromatic carbocycles. The molecule has 2 fully saturated rings. The van der Waals surface area contributed by atoms with Crippen LogP contribution in [0.4, 0.5) is 5.95 Å². The third-order valence-electron chi connectivity index (χ3n) is 6.87. The molecule has 1 aromatic heterocycles. The van der Waals surface area contributed by atoms with Gasteiger partial charge in [-0.15, -0.1) is 19.0 Å². The number of halogens is 1. The molecule has 2 atom stereocenters. The highest BCUT2D eigenvalue weighted by Crippen LogP contribution is 2.44. The molecule has 6 nitrogen and oxygen atoms in total. The van der Waals surface area contributed by atoms with Gasteiger partial charge in [-0.05, 0) is 43.7 Å². The van der Waals surface area contributed by atoms with Crippen LogP contribution in [0, 0.1) is 0 Å². The maximum atomic E-state index is 10.4. The van der Waals surface area contributed by atoms with E-state index in [1.807, 2.05) is 12.1 Å². The number of anilines is 1. The first-order valence-electron chi connectivity index (χ1n) is 11.0. The van der Waals surface area contributed by atoms with E-state index in [9.17, 15) is 5.11 Å². The summed E-state index contributed by atoms with van der Waals surface area (Å²) in [5, 5.41) is 10.4. The van der Waals surface area contributed by atoms with Crippen molar-refractivity contribution in [1.29, 1.82) is 0 Å². The minimum atomic E-state index is 0. The van der Waals surface area contributed by atoms with Gasteiger partial charge in [0.15, 0.2) is 11.5 Å². The van der Waals surface area contributed by atoms with Crippen molar-refractivity contribution in [2.75, 3.05) is 25.1 Å². The average molecular weight is 443 g/mol. The van der Waals surface area contributed by atoms with Crippen molar-refractivity contribution >= 4 is 18.4 Å². The minimum Gasteiger partial charge on any atom is -0.504 e. The number of phenolic OH excluding ortho intramolecular Hbond substituents is 1. The lowest BCUT2D eigenvalue weighted by Crippen LogP contribution is -2.38. The number of ether oxygens (including phenoxy) is 1. The second-order valence-electron chi connectivity index (χ2n) is 8.69. The van der Waals surface area contributed by atoms with Crippen molar-refractivity contribution in [1.82, 2.24) is 14.9 Å². The lowest BCUT2D eigenvalue weighted by atomic mass is 9.97. The van der Waals surface area contributed by atoms with Gasteiger partial charge < -0.3 is 14.7 Å². The van der Waals surface area contributed by atoms with E-state index < -0.39 is 0 Å². The molecule has 166 valence electrons. The van der Waals surface area contributed by atoms with Crippen LogP contribution in [0.3, 0.4) is 0 Å². The predicted octanol–water partition coefficient (Wildman–Crippen LogP) is 4.20. The molecule has 31 heavy (non-hydrogen) atoms. The lowest BCUT2D eigenvalue weighted by Gasteiger charge is -2.36. The molecule has 1 N–H and O–H groups in total. The minimum absolute atomic E-state index is 0. The third-order valence-corrected chi connectivity index (χ3v) is 6.87. The van der Waals surface area contributed by atoms with Crippen LogP contribution in [0.25, 0.3) is 0 Å². The topological polar surface area (TPSA) is 61.7 Å². The zero-order valence-corrected chi connectivity index (χ0v) is 18.9. The normalized spacial score (nSPS) is 22.2. The van der Waals surface area contributed by atoms with Gasteiger partial charge in [-0.2, -0.15) is 0 Å². The molecule has 4 heterocycles. The summed E-state index contributed by atoms with van der Waals surface area (Å²) in [4.78, 5) is 14.6. The Morgan fingerprint density at radius 1 is 1.26 bits per heavy atom. The van der Waals surface area contributed by atoms with Crippen molar-refractivity contribution < 1.29 is 9.84 Å². The molecule has 2 saturated heterocycles. The number of fused-ring (bicyclic) bond motifs is 4. The van der Waals surface area contributed by atoms with Gasteiger partial charge in [-0.3, -0.25) is 4.90 Å². The maximum absolute atomic E-state index is 10.4.